The number of rotatable bonds is 7. The average Bonchev–Trinajstić information content (AvgIpc) is 3.28. The summed E-state index contributed by atoms with van der Waals surface area (Å²) in [4.78, 5) is 4.70. The normalized spacial score (nSPS) is 17.4. The Kier molecular flexibility index (Phi) is 9.12. The standard InChI is InChI=1S/C19H28N4O3.HI/c1-14-18(15(2)26-23-14)13-22-19(20-9-8-16-7-5-11-24-16)21-12-17-6-3-4-10-25-17;/h5,7,11,17H,3-4,6,8-10,12-13H2,1-2H3,(H2,20,21,22);1H. The van der Waals surface area contributed by atoms with E-state index in [1.165, 1.54) is 6.42 Å². The van der Waals surface area contributed by atoms with Gasteiger partial charge in [0.15, 0.2) is 5.96 Å². The zero-order valence-corrected chi connectivity index (χ0v) is 18.3. The predicted molar refractivity (Wildman–Crippen MR) is 115 cm³/mol. The summed E-state index contributed by atoms with van der Waals surface area (Å²) < 4.78 is 16.4. The van der Waals surface area contributed by atoms with E-state index in [4.69, 9.17) is 18.7 Å². The Morgan fingerprint density at radius 1 is 1.30 bits per heavy atom. The summed E-state index contributed by atoms with van der Waals surface area (Å²) in [5.41, 5.74) is 1.92. The van der Waals surface area contributed by atoms with E-state index in [0.29, 0.717) is 6.54 Å². The van der Waals surface area contributed by atoms with Crippen molar-refractivity contribution < 1.29 is 13.7 Å². The molecule has 0 radical (unpaired) electrons. The minimum absolute atomic E-state index is 0. The van der Waals surface area contributed by atoms with Crippen LogP contribution in [0, 0.1) is 13.8 Å². The first-order chi connectivity index (χ1) is 12.7. The third-order valence-corrected chi connectivity index (χ3v) is 4.59. The molecule has 8 heteroatoms. The van der Waals surface area contributed by atoms with Crippen LogP contribution in [0.2, 0.25) is 0 Å². The number of aromatic nitrogens is 1. The van der Waals surface area contributed by atoms with Gasteiger partial charge < -0.3 is 24.3 Å². The second-order valence-electron chi connectivity index (χ2n) is 6.59. The van der Waals surface area contributed by atoms with Crippen molar-refractivity contribution in [2.24, 2.45) is 4.99 Å². The monoisotopic (exact) mass is 488 g/mol. The Morgan fingerprint density at radius 2 is 2.19 bits per heavy atom. The summed E-state index contributed by atoms with van der Waals surface area (Å²) in [6.07, 6.45) is 6.23. The van der Waals surface area contributed by atoms with Crippen LogP contribution in [-0.2, 0) is 17.7 Å². The van der Waals surface area contributed by atoms with Crippen molar-refractivity contribution >= 4 is 29.9 Å². The molecule has 3 rings (SSSR count). The largest absolute Gasteiger partial charge is 0.469 e. The maximum absolute atomic E-state index is 5.80. The van der Waals surface area contributed by atoms with E-state index in [0.717, 1.165) is 67.7 Å². The molecule has 7 nitrogen and oxygen atoms in total. The molecule has 2 aromatic rings. The Morgan fingerprint density at radius 3 is 2.85 bits per heavy atom. The summed E-state index contributed by atoms with van der Waals surface area (Å²) in [6, 6.07) is 3.88. The molecule has 0 spiro atoms. The molecule has 0 amide bonds. The number of halogens is 1. The highest BCUT2D eigenvalue weighted by Crippen LogP contribution is 2.13. The van der Waals surface area contributed by atoms with Gasteiger partial charge in [0.2, 0.25) is 0 Å². The fraction of sp³-hybridized carbons (Fsp3) is 0.579. The summed E-state index contributed by atoms with van der Waals surface area (Å²) in [5.74, 6) is 2.54. The Hall–Kier alpha value is -1.55. The van der Waals surface area contributed by atoms with Gasteiger partial charge in [-0.2, -0.15) is 0 Å². The molecule has 1 aliphatic rings. The van der Waals surface area contributed by atoms with Crippen LogP contribution in [0.15, 0.2) is 32.3 Å². The molecule has 27 heavy (non-hydrogen) atoms. The van der Waals surface area contributed by atoms with E-state index in [-0.39, 0.29) is 30.1 Å². The molecule has 0 aliphatic carbocycles. The fourth-order valence-electron chi connectivity index (χ4n) is 3.00. The lowest BCUT2D eigenvalue weighted by Gasteiger charge is -2.23. The van der Waals surface area contributed by atoms with E-state index >= 15 is 0 Å². The lowest BCUT2D eigenvalue weighted by Crippen LogP contribution is -2.43. The molecule has 3 heterocycles. The minimum atomic E-state index is 0. The number of aryl methyl sites for hydroxylation is 2. The number of furan rings is 1. The Bertz CT molecular complexity index is 674. The number of guanidine groups is 1. The van der Waals surface area contributed by atoms with E-state index in [9.17, 15) is 0 Å². The lowest BCUT2D eigenvalue weighted by molar-refractivity contribution is 0.0194. The van der Waals surface area contributed by atoms with Gasteiger partial charge in [-0.05, 0) is 45.2 Å². The van der Waals surface area contributed by atoms with Gasteiger partial charge in [0.05, 0.1) is 24.6 Å². The number of hydrogen-bond donors (Lipinski definition) is 2. The first-order valence-electron chi connectivity index (χ1n) is 9.30. The van der Waals surface area contributed by atoms with Crippen LogP contribution in [0.25, 0.3) is 0 Å². The van der Waals surface area contributed by atoms with Crippen molar-refractivity contribution in [1.82, 2.24) is 15.8 Å². The summed E-state index contributed by atoms with van der Waals surface area (Å²) >= 11 is 0. The van der Waals surface area contributed by atoms with Gasteiger partial charge in [0.25, 0.3) is 0 Å². The van der Waals surface area contributed by atoms with E-state index in [1.807, 2.05) is 26.0 Å². The highest BCUT2D eigenvalue weighted by atomic mass is 127. The second-order valence-corrected chi connectivity index (χ2v) is 6.59. The topological polar surface area (TPSA) is 84.8 Å². The molecular weight excluding hydrogens is 459 g/mol. The first kappa shape index (κ1) is 21.7. The predicted octanol–water partition coefficient (Wildman–Crippen LogP) is 3.35. The maximum Gasteiger partial charge on any atom is 0.191 e. The zero-order valence-electron chi connectivity index (χ0n) is 16.0. The van der Waals surface area contributed by atoms with Gasteiger partial charge in [-0.3, -0.25) is 0 Å². The summed E-state index contributed by atoms with van der Waals surface area (Å²) in [5, 5.41) is 10.8. The smallest absolute Gasteiger partial charge is 0.191 e. The molecule has 0 aromatic carbocycles. The first-order valence-corrected chi connectivity index (χ1v) is 9.30. The number of nitrogens with zero attached hydrogens (tertiary/aromatic N) is 2. The second kappa shape index (κ2) is 11.3. The highest BCUT2D eigenvalue weighted by Gasteiger charge is 2.14. The van der Waals surface area contributed by atoms with Crippen molar-refractivity contribution in [1.29, 1.82) is 0 Å². The zero-order chi connectivity index (χ0) is 18.2. The molecule has 0 saturated carbocycles. The van der Waals surface area contributed by atoms with Crippen molar-refractivity contribution in [3.05, 3.63) is 41.2 Å². The number of hydrogen-bond acceptors (Lipinski definition) is 5. The number of nitrogens with one attached hydrogen (secondary N) is 2. The molecule has 2 N–H and O–H groups in total. The molecule has 1 saturated heterocycles. The Balaban J connectivity index is 0.00000261. The molecule has 1 aliphatic heterocycles. The van der Waals surface area contributed by atoms with E-state index in [2.05, 4.69) is 15.8 Å². The molecule has 1 unspecified atom stereocenters. The average molecular weight is 488 g/mol. The third kappa shape index (κ3) is 6.84. The highest BCUT2D eigenvalue weighted by molar-refractivity contribution is 14.0. The quantitative estimate of drug-likeness (QED) is 0.354. The molecule has 150 valence electrons. The van der Waals surface area contributed by atoms with Gasteiger partial charge >= 0.3 is 0 Å². The van der Waals surface area contributed by atoms with Crippen molar-refractivity contribution in [2.75, 3.05) is 19.7 Å². The molecule has 2 aromatic heterocycles. The third-order valence-electron chi connectivity index (χ3n) is 4.59. The van der Waals surface area contributed by atoms with Crippen molar-refractivity contribution in [3.63, 3.8) is 0 Å². The van der Waals surface area contributed by atoms with Gasteiger partial charge in [-0.1, -0.05) is 5.16 Å². The maximum atomic E-state index is 5.80. The SMILES string of the molecule is Cc1noc(C)c1CN=C(NCCc1ccco1)NCC1CCCCO1.I. The van der Waals surface area contributed by atoms with Crippen LogP contribution in [0.1, 0.15) is 42.0 Å². The molecule has 1 atom stereocenters. The van der Waals surface area contributed by atoms with E-state index < -0.39 is 0 Å². The van der Waals surface area contributed by atoms with Gasteiger partial charge in [-0.25, -0.2) is 4.99 Å². The van der Waals surface area contributed by atoms with Crippen LogP contribution in [0.5, 0.6) is 0 Å². The number of ether oxygens (including phenoxy) is 1. The number of aliphatic imine (C=N–C) groups is 1. The molecular formula is C19H29IN4O3. The lowest BCUT2D eigenvalue weighted by atomic mass is 10.1. The van der Waals surface area contributed by atoms with Crippen LogP contribution >= 0.6 is 24.0 Å². The fourth-order valence-corrected chi connectivity index (χ4v) is 3.00. The van der Waals surface area contributed by atoms with Crippen molar-refractivity contribution in [3.8, 4) is 0 Å². The van der Waals surface area contributed by atoms with Crippen molar-refractivity contribution in [2.45, 2.75) is 52.2 Å². The van der Waals surface area contributed by atoms with Gasteiger partial charge in [0.1, 0.15) is 11.5 Å². The Labute approximate surface area is 177 Å². The summed E-state index contributed by atoms with van der Waals surface area (Å²) in [7, 11) is 0. The van der Waals surface area contributed by atoms with Gasteiger partial charge in [0, 0.05) is 31.7 Å². The van der Waals surface area contributed by atoms with Crippen LogP contribution in [-0.4, -0.2) is 36.9 Å². The summed E-state index contributed by atoms with van der Waals surface area (Å²) in [6.45, 7) is 6.74. The van der Waals surface area contributed by atoms with Crippen LogP contribution in [0.4, 0.5) is 0 Å². The molecule has 0 bridgehead atoms. The van der Waals surface area contributed by atoms with Crippen LogP contribution in [0.3, 0.4) is 0 Å². The minimum Gasteiger partial charge on any atom is -0.469 e. The molecule has 1 fully saturated rings. The van der Waals surface area contributed by atoms with Gasteiger partial charge in [-0.15, -0.1) is 24.0 Å². The van der Waals surface area contributed by atoms with Crippen LogP contribution < -0.4 is 10.6 Å². The van der Waals surface area contributed by atoms with E-state index in [1.54, 1.807) is 6.26 Å².